The summed E-state index contributed by atoms with van der Waals surface area (Å²) in [6.45, 7) is 2.19. The number of ketones is 1. The van der Waals surface area contributed by atoms with E-state index >= 15 is 0 Å². The highest BCUT2D eigenvalue weighted by atomic mass is 16.5. The van der Waals surface area contributed by atoms with Crippen LogP contribution < -0.4 is 16.0 Å². The number of carbonyl (C=O) groups is 1. The number of unbranched alkanes of at least 4 members (excludes halogenated alkanes) is 6. The van der Waals surface area contributed by atoms with Crippen LogP contribution in [-0.4, -0.2) is 60.2 Å². The van der Waals surface area contributed by atoms with Crippen molar-refractivity contribution in [2.24, 2.45) is 4.99 Å². The highest BCUT2D eigenvalue weighted by Gasteiger charge is 2.28. The van der Waals surface area contributed by atoms with E-state index in [4.69, 9.17) is 14.9 Å². The maximum absolute atomic E-state index is 12.9. The first-order valence-corrected chi connectivity index (χ1v) is 14.0. The molecule has 0 bridgehead atoms. The molecule has 0 fully saturated rings. The molecule has 0 radical (unpaired) electrons. The van der Waals surface area contributed by atoms with Crippen LogP contribution in [0.25, 0.3) is 0 Å². The summed E-state index contributed by atoms with van der Waals surface area (Å²) >= 11 is 0. The number of aliphatic hydroxyl groups is 3. The van der Waals surface area contributed by atoms with E-state index < -0.39 is 5.78 Å². The number of carbonyl (C=O) groups excluding carboxylic acids is 1. The number of hydrogen-bond donors (Lipinski definition) is 6. The molecule has 2 aromatic carbocycles. The summed E-state index contributed by atoms with van der Waals surface area (Å²) in [6.07, 6.45) is 9.47. The molecule has 0 spiro atoms. The maximum Gasteiger partial charge on any atom is 0.249 e. The molecule has 6 N–H and O–H groups in total. The van der Waals surface area contributed by atoms with E-state index in [0.29, 0.717) is 11.4 Å². The van der Waals surface area contributed by atoms with Crippen LogP contribution in [0.1, 0.15) is 51.4 Å². The van der Waals surface area contributed by atoms with Crippen molar-refractivity contribution in [1.29, 1.82) is 0 Å². The summed E-state index contributed by atoms with van der Waals surface area (Å²) in [5, 5.41) is 38.3. The van der Waals surface area contributed by atoms with Gasteiger partial charge in [0.1, 0.15) is 5.71 Å². The van der Waals surface area contributed by atoms with Gasteiger partial charge in [0, 0.05) is 43.4 Å². The van der Waals surface area contributed by atoms with Crippen LogP contribution in [0.5, 0.6) is 0 Å². The van der Waals surface area contributed by atoms with Crippen molar-refractivity contribution in [2.75, 3.05) is 49.4 Å². The van der Waals surface area contributed by atoms with E-state index in [1.54, 1.807) is 0 Å². The molecular weight excluding hydrogens is 508 g/mol. The first kappa shape index (κ1) is 30.7. The molecule has 0 saturated heterocycles. The molecule has 0 heterocycles. The number of aliphatic hydroxyl groups excluding tert-OH is 3. The van der Waals surface area contributed by atoms with Gasteiger partial charge in [-0.2, -0.15) is 0 Å². The number of methoxy groups -OCH3 is 1. The zero-order chi connectivity index (χ0) is 28.6. The van der Waals surface area contributed by atoms with Crippen LogP contribution >= 0.6 is 0 Å². The average Bonchev–Trinajstić information content (AvgIpc) is 2.97. The Bertz CT molecular complexity index is 1160. The lowest BCUT2D eigenvalue weighted by Crippen LogP contribution is -2.25. The summed E-state index contributed by atoms with van der Waals surface area (Å²) in [5.74, 6) is -0.924. The fraction of sp³-hybridized carbons (Fsp3) is 0.419. The molecule has 216 valence electrons. The average molecular weight is 551 g/mol. The van der Waals surface area contributed by atoms with Gasteiger partial charge in [-0.15, -0.1) is 0 Å². The second-order valence-electron chi connectivity index (χ2n) is 9.64. The first-order valence-electron chi connectivity index (χ1n) is 14.0. The van der Waals surface area contributed by atoms with E-state index in [2.05, 4.69) is 20.9 Å². The number of benzene rings is 2. The second kappa shape index (κ2) is 17.0. The summed E-state index contributed by atoms with van der Waals surface area (Å²) in [4.78, 5) is 17.4. The van der Waals surface area contributed by atoms with E-state index in [1.807, 2.05) is 48.5 Å². The quantitative estimate of drug-likeness (QED) is 0.103. The smallest absolute Gasteiger partial charge is 0.249 e. The van der Waals surface area contributed by atoms with Crippen molar-refractivity contribution < 1.29 is 24.9 Å². The third-order valence-electron chi connectivity index (χ3n) is 6.50. The van der Waals surface area contributed by atoms with Crippen LogP contribution in [-0.2, 0) is 9.53 Å². The van der Waals surface area contributed by atoms with Crippen LogP contribution in [0.15, 0.2) is 76.8 Å². The Kier molecular flexibility index (Phi) is 13.0. The van der Waals surface area contributed by atoms with Gasteiger partial charge in [-0.3, -0.25) is 4.79 Å². The number of allylic oxidation sites excluding steroid dienone is 2. The minimum atomic E-state index is -0.492. The number of nitrogens with zero attached hydrogens (tertiary/aromatic N) is 1. The predicted molar refractivity (Wildman–Crippen MR) is 161 cm³/mol. The van der Waals surface area contributed by atoms with Crippen molar-refractivity contribution in [3.8, 4) is 0 Å². The molecule has 2 aromatic rings. The van der Waals surface area contributed by atoms with Crippen molar-refractivity contribution in [3.63, 3.8) is 0 Å². The van der Waals surface area contributed by atoms with E-state index in [1.165, 1.54) is 13.2 Å². The third-order valence-corrected chi connectivity index (χ3v) is 6.50. The van der Waals surface area contributed by atoms with Gasteiger partial charge in [0.2, 0.25) is 11.5 Å². The van der Waals surface area contributed by atoms with E-state index in [9.17, 15) is 9.90 Å². The number of rotatable bonds is 18. The summed E-state index contributed by atoms with van der Waals surface area (Å²) in [6, 6.07) is 15.2. The zero-order valence-electron chi connectivity index (χ0n) is 23.3. The molecule has 0 amide bonds. The van der Waals surface area contributed by atoms with Crippen molar-refractivity contribution in [1.82, 2.24) is 0 Å². The molecule has 0 aliphatic heterocycles. The first-order chi connectivity index (χ1) is 19.5. The highest BCUT2D eigenvalue weighted by Crippen LogP contribution is 2.26. The summed E-state index contributed by atoms with van der Waals surface area (Å²) < 4.78 is 5.22. The molecule has 1 aliphatic carbocycles. The maximum atomic E-state index is 12.9. The molecule has 0 unspecified atom stereocenters. The van der Waals surface area contributed by atoms with E-state index in [-0.39, 0.29) is 30.4 Å². The van der Waals surface area contributed by atoms with Crippen molar-refractivity contribution in [2.45, 2.75) is 51.4 Å². The van der Waals surface area contributed by atoms with Gasteiger partial charge in [-0.1, -0.05) is 25.7 Å². The van der Waals surface area contributed by atoms with Crippen molar-refractivity contribution in [3.05, 3.63) is 71.8 Å². The Balaban J connectivity index is 1.62. The largest absolute Gasteiger partial charge is 0.503 e. The zero-order valence-corrected chi connectivity index (χ0v) is 23.3. The number of Topliss-reactive ketones (excluding diaryl/α,β-unsaturated/α-hetero) is 1. The molecule has 0 saturated carbocycles. The minimum Gasteiger partial charge on any atom is -0.503 e. The molecule has 1 aliphatic rings. The van der Waals surface area contributed by atoms with Gasteiger partial charge in [0.25, 0.3) is 0 Å². The Hall–Kier alpha value is -3.82. The molecular formula is C31H42N4O5. The molecule has 9 heteroatoms. The van der Waals surface area contributed by atoms with Gasteiger partial charge in [-0.25, -0.2) is 4.99 Å². The number of anilines is 3. The highest BCUT2D eigenvalue weighted by molar-refractivity contribution is 6.50. The SMILES string of the molecule is COC1=C(O)C(Nc2ccc(NCCCCCCO)cc2)=CC(=Nc2ccc(NCCCCCCO)cc2)C1=O. The lowest BCUT2D eigenvalue weighted by Gasteiger charge is -2.18. The fourth-order valence-electron chi connectivity index (χ4n) is 4.25. The van der Waals surface area contributed by atoms with Crippen molar-refractivity contribution >= 4 is 34.2 Å². The van der Waals surface area contributed by atoms with Crippen LogP contribution in [0.2, 0.25) is 0 Å². The fourth-order valence-corrected chi connectivity index (χ4v) is 4.25. The minimum absolute atomic E-state index is 0.154. The Morgan fingerprint density at radius 1 is 0.725 bits per heavy atom. The monoisotopic (exact) mass is 550 g/mol. The Labute approximate surface area is 236 Å². The third kappa shape index (κ3) is 9.73. The number of hydrogen-bond acceptors (Lipinski definition) is 9. The normalized spacial score (nSPS) is 14.3. The molecule has 3 rings (SSSR count). The van der Waals surface area contributed by atoms with Gasteiger partial charge in [-0.05, 0) is 80.3 Å². The summed E-state index contributed by atoms with van der Waals surface area (Å²) in [7, 11) is 1.35. The Morgan fingerprint density at radius 2 is 1.23 bits per heavy atom. The lowest BCUT2D eigenvalue weighted by atomic mass is 10.0. The molecule has 0 atom stereocenters. The van der Waals surface area contributed by atoms with Gasteiger partial charge in [0.05, 0.1) is 18.5 Å². The Morgan fingerprint density at radius 3 is 1.75 bits per heavy atom. The molecule has 0 aromatic heterocycles. The van der Waals surface area contributed by atoms with Gasteiger partial charge < -0.3 is 36.0 Å². The summed E-state index contributed by atoms with van der Waals surface area (Å²) in [5.41, 5.74) is 3.77. The lowest BCUT2D eigenvalue weighted by molar-refractivity contribution is -0.112. The standard InChI is InChI=1S/C31H42N4O5/c1-40-31-29(38)27(34-25-14-10-23(11-15-25)32-18-6-2-4-8-20-36)22-28(30(31)39)35-26-16-12-24(13-17-26)33-19-7-3-5-9-21-37/h10-17,22,32-34,36-38H,2-9,18-21H2,1H3. The number of ether oxygens (including phenoxy) is 1. The topological polar surface area (TPSA) is 135 Å². The molecule has 40 heavy (non-hydrogen) atoms. The van der Waals surface area contributed by atoms with Crippen LogP contribution in [0, 0.1) is 0 Å². The number of aliphatic imine (C=N–C) groups is 1. The predicted octanol–water partition coefficient (Wildman–Crippen LogP) is 5.68. The van der Waals surface area contributed by atoms with Crippen LogP contribution in [0.4, 0.5) is 22.7 Å². The van der Waals surface area contributed by atoms with Crippen LogP contribution in [0.3, 0.4) is 0 Å². The van der Waals surface area contributed by atoms with Gasteiger partial charge >= 0.3 is 0 Å². The molecule has 9 nitrogen and oxygen atoms in total. The second-order valence-corrected chi connectivity index (χ2v) is 9.64. The number of nitrogens with one attached hydrogen (secondary N) is 3. The van der Waals surface area contributed by atoms with E-state index in [0.717, 1.165) is 81.5 Å². The van der Waals surface area contributed by atoms with Gasteiger partial charge in [0.15, 0.2) is 5.76 Å².